The number of aromatic nitrogens is 2. The van der Waals surface area contributed by atoms with Gasteiger partial charge >= 0.3 is 0 Å². The zero-order chi connectivity index (χ0) is 18.4. The van der Waals surface area contributed by atoms with E-state index in [1.165, 1.54) is 22.9 Å². The first-order chi connectivity index (χ1) is 12.6. The maximum atomic E-state index is 12.0. The third-order valence-corrected chi connectivity index (χ3v) is 4.90. The first-order valence-electron chi connectivity index (χ1n) is 8.46. The fourth-order valence-electron chi connectivity index (χ4n) is 2.63. The Morgan fingerprint density at radius 3 is 2.50 bits per heavy atom. The van der Waals surface area contributed by atoms with Gasteiger partial charge in [0.15, 0.2) is 0 Å². The second-order valence-corrected chi connectivity index (χ2v) is 7.12. The van der Waals surface area contributed by atoms with Gasteiger partial charge in [-0.15, -0.1) is 10.2 Å². The van der Waals surface area contributed by atoms with Gasteiger partial charge in [0.2, 0.25) is 5.91 Å². The van der Waals surface area contributed by atoms with E-state index in [0.717, 1.165) is 21.8 Å². The number of carbonyl (C=O) groups excluding carboxylic acids is 1. The van der Waals surface area contributed by atoms with Gasteiger partial charge in [-0.25, -0.2) is 0 Å². The Morgan fingerprint density at radius 1 is 1.00 bits per heavy atom. The fourth-order valence-corrected chi connectivity index (χ4v) is 3.27. The number of amides is 1. The summed E-state index contributed by atoms with van der Waals surface area (Å²) < 4.78 is 0. The van der Waals surface area contributed by atoms with Crippen LogP contribution in [-0.2, 0) is 11.3 Å². The highest BCUT2D eigenvalue weighted by atomic mass is 32.2. The van der Waals surface area contributed by atoms with Crippen LogP contribution in [0.4, 0.5) is 0 Å². The lowest BCUT2D eigenvalue weighted by Crippen LogP contribution is -2.24. The van der Waals surface area contributed by atoms with E-state index < -0.39 is 0 Å². The number of benzene rings is 2. The highest BCUT2D eigenvalue weighted by Gasteiger charge is 2.07. The molecule has 1 amide bonds. The number of nitrogens with zero attached hydrogens (tertiary/aromatic N) is 2. The van der Waals surface area contributed by atoms with Crippen molar-refractivity contribution in [3.05, 3.63) is 77.4 Å². The Bertz CT molecular complexity index is 880. The van der Waals surface area contributed by atoms with Gasteiger partial charge in [-0.3, -0.25) is 4.79 Å². The van der Waals surface area contributed by atoms with Crippen LogP contribution in [0.5, 0.6) is 0 Å². The van der Waals surface area contributed by atoms with Crippen molar-refractivity contribution in [3.63, 3.8) is 0 Å². The summed E-state index contributed by atoms with van der Waals surface area (Å²) >= 11 is 1.39. The lowest BCUT2D eigenvalue weighted by atomic mass is 10.0. The minimum Gasteiger partial charge on any atom is -0.351 e. The molecule has 0 bridgehead atoms. The van der Waals surface area contributed by atoms with Gasteiger partial charge in [0.25, 0.3) is 0 Å². The van der Waals surface area contributed by atoms with Crippen LogP contribution in [0.25, 0.3) is 11.3 Å². The molecule has 1 heterocycles. The van der Waals surface area contributed by atoms with Crippen LogP contribution in [0.2, 0.25) is 0 Å². The van der Waals surface area contributed by atoms with E-state index in [1.807, 2.05) is 42.5 Å². The van der Waals surface area contributed by atoms with E-state index in [1.54, 1.807) is 0 Å². The Hall–Kier alpha value is -2.66. The molecule has 2 aromatic carbocycles. The molecule has 0 atom stereocenters. The second-order valence-electron chi connectivity index (χ2n) is 6.13. The number of carbonyl (C=O) groups is 1. The minimum absolute atomic E-state index is 0.0147. The van der Waals surface area contributed by atoms with Gasteiger partial charge < -0.3 is 5.32 Å². The molecule has 0 aliphatic carbocycles. The molecule has 0 saturated carbocycles. The molecule has 132 valence electrons. The third kappa shape index (κ3) is 4.92. The van der Waals surface area contributed by atoms with Gasteiger partial charge in [0.05, 0.1) is 11.4 Å². The molecular weight excluding hydrogens is 342 g/mol. The molecule has 0 radical (unpaired) electrons. The zero-order valence-corrected chi connectivity index (χ0v) is 15.7. The monoisotopic (exact) mass is 363 g/mol. The summed E-state index contributed by atoms with van der Waals surface area (Å²) in [6.45, 7) is 4.69. The van der Waals surface area contributed by atoms with Gasteiger partial charge in [-0.1, -0.05) is 65.9 Å². The van der Waals surface area contributed by atoms with Crippen molar-refractivity contribution in [3.8, 4) is 11.3 Å². The molecule has 0 spiro atoms. The molecule has 1 aromatic heterocycles. The van der Waals surface area contributed by atoms with Crippen LogP contribution in [-0.4, -0.2) is 21.9 Å². The highest BCUT2D eigenvalue weighted by molar-refractivity contribution is 7.99. The topological polar surface area (TPSA) is 54.9 Å². The van der Waals surface area contributed by atoms with Crippen LogP contribution in [0.15, 0.2) is 65.7 Å². The zero-order valence-electron chi connectivity index (χ0n) is 14.9. The second kappa shape index (κ2) is 8.63. The average Bonchev–Trinajstić information content (AvgIpc) is 2.66. The predicted molar refractivity (Wildman–Crippen MR) is 106 cm³/mol. The van der Waals surface area contributed by atoms with Gasteiger partial charge in [-0.05, 0) is 37.1 Å². The van der Waals surface area contributed by atoms with E-state index in [0.29, 0.717) is 12.3 Å². The summed E-state index contributed by atoms with van der Waals surface area (Å²) in [5, 5.41) is 12.2. The molecule has 26 heavy (non-hydrogen) atoms. The summed E-state index contributed by atoms with van der Waals surface area (Å²) in [5.41, 5.74) is 5.43. The normalized spacial score (nSPS) is 10.5. The van der Waals surface area contributed by atoms with Crippen molar-refractivity contribution in [2.24, 2.45) is 0 Å². The van der Waals surface area contributed by atoms with E-state index in [9.17, 15) is 4.79 Å². The summed E-state index contributed by atoms with van der Waals surface area (Å²) in [5.74, 6) is 0.309. The van der Waals surface area contributed by atoms with E-state index in [-0.39, 0.29) is 5.91 Å². The van der Waals surface area contributed by atoms with Crippen molar-refractivity contribution < 1.29 is 4.79 Å². The smallest absolute Gasteiger partial charge is 0.230 e. The number of thioether (sulfide) groups is 1. The minimum atomic E-state index is -0.0147. The molecule has 0 unspecified atom stereocenters. The van der Waals surface area contributed by atoms with Crippen molar-refractivity contribution in [1.29, 1.82) is 0 Å². The Balaban J connectivity index is 1.53. The maximum Gasteiger partial charge on any atom is 0.230 e. The molecule has 3 aromatic rings. The largest absolute Gasteiger partial charge is 0.351 e. The Kier molecular flexibility index (Phi) is 6.02. The number of hydrogen-bond donors (Lipinski definition) is 1. The van der Waals surface area contributed by atoms with E-state index >= 15 is 0 Å². The number of rotatable bonds is 6. The summed E-state index contributed by atoms with van der Waals surface area (Å²) in [6, 6.07) is 20.0. The molecular formula is C21H21N3OS. The summed E-state index contributed by atoms with van der Waals surface area (Å²) in [7, 11) is 0. The standard InChI is InChI=1S/C21H21N3OS/c1-15-8-9-18(16(2)12-15)19-10-11-21(24-23-19)26-14-20(25)22-13-17-6-4-3-5-7-17/h3-12H,13-14H2,1-2H3,(H,22,25). The SMILES string of the molecule is Cc1ccc(-c2ccc(SCC(=O)NCc3ccccc3)nn2)c(C)c1. The molecule has 4 nitrogen and oxygen atoms in total. The van der Waals surface area contributed by atoms with Crippen LogP contribution in [0.3, 0.4) is 0 Å². The predicted octanol–water partition coefficient (Wildman–Crippen LogP) is 4.17. The third-order valence-electron chi connectivity index (χ3n) is 3.98. The van der Waals surface area contributed by atoms with E-state index in [2.05, 4.69) is 47.6 Å². The first-order valence-corrected chi connectivity index (χ1v) is 9.45. The molecule has 0 aliphatic rings. The fraction of sp³-hybridized carbons (Fsp3) is 0.190. The first kappa shape index (κ1) is 18.1. The molecule has 0 saturated heterocycles. The molecule has 0 fully saturated rings. The van der Waals surface area contributed by atoms with Crippen molar-refractivity contribution in [1.82, 2.24) is 15.5 Å². The number of hydrogen-bond acceptors (Lipinski definition) is 4. The van der Waals surface area contributed by atoms with Crippen molar-refractivity contribution in [2.45, 2.75) is 25.4 Å². The highest BCUT2D eigenvalue weighted by Crippen LogP contribution is 2.23. The van der Waals surface area contributed by atoms with Crippen LogP contribution in [0.1, 0.15) is 16.7 Å². The lowest BCUT2D eigenvalue weighted by molar-refractivity contribution is -0.118. The van der Waals surface area contributed by atoms with Gasteiger partial charge in [0.1, 0.15) is 5.03 Å². The molecule has 5 heteroatoms. The van der Waals surface area contributed by atoms with Crippen LogP contribution in [0, 0.1) is 13.8 Å². The number of nitrogens with one attached hydrogen (secondary N) is 1. The van der Waals surface area contributed by atoms with Gasteiger partial charge in [0, 0.05) is 12.1 Å². The molecule has 3 rings (SSSR count). The van der Waals surface area contributed by atoms with Crippen LogP contribution >= 0.6 is 11.8 Å². The average molecular weight is 363 g/mol. The van der Waals surface area contributed by atoms with Crippen molar-refractivity contribution in [2.75, 3.05) is 5.75 Å². The lowest BCUT2D eigenvalue weighted by Gasteiger charge is -2.07. The quantitative estimate of drug-likeness (QED) is 0.668. The molecule has 1 N–H and O–H groups in total. The summed E-state index contributed by atoms with van der Waals surface area (Å²) in [4.78, 5) is 12.0. The Labute approximate surface area is 158 Å². The van der Waals surface area contributed by atoms with Gasteiger partial charge in [-0.2, -0.15) is 0 Å². The number of aryl methyl sites for hydroxylation is 2. The van der Waals surface area contributed by atoms with Crippen LogP contribution < -0.4 is 5.32 Å². The summed E-state index contributed by atoms with van der Waals surface area (Å²) in [6.07, 6.45) is 0. The van der Waals surface area contributed by atoms with E-state index in [4.69, 9.17) is 0 Å². The Morgan fingerprint density at radius 2 is 1.81 bits per heavy atom. The maximum absolute atomic E-state index is 12.0. The molecule has 0 aliphatic heterocycles. The van der Waals surface area contributed by atoms with Crippen molar-refractivity contribution >= 4 is 17.7 Å².